The second-order valence-corrected chi connectivity index (χ2v) is 6.35. The standard InChI is InChI=1S/C16H18BrFN4O/c1-23-15-3-2-12(8-14(15)18)11-21-4-6-22(7-5-21)16-19-9-13(17)10-20-16/h2-3,8-10H,4-7,11H2,1H3. The monoisotopic (exact) mass is 380 g/mol. The minimum atomic E-state index is -0.313. The molecule has 3 rings (SSSR count). The number of aromatic nitrogens is 2. The van der Waals surface area contributed by atoms with Crippen LogP contribution in [0.5, 0.6) is 5.75 Å². The van der Waals surface area contributed by atoms with Crippen molar-refractivity contribution in [3.8, 4) is 5.75 Å². The average Bonchev–Trinajstić information content (AvgIpc) is 2.57. The van der Waals surface area contributed by atoms with Crippen molar-refractivity contribution in [2.45, 2.75) is 6.54 Å². The van der Waals surface area contributed by atoms with Crippen molar-refractivity contribution in [3.05, 3.63) is 46.4 Å². The zero-order valence-electron chi connectivity index (χ0n) is 12.9. The number of halogens is 2. The Hall–Kier alpha value is -1.73. The van der Waals surface area contributed by atoms with Gasteiger partial charge in [-0.2, -0.15) is 0 Å². The smallest absolute Gasteiger partial charge is 0.225 e. The van der Waals surface area contributed by atoms with Crippen molar-refractivity contribution in [2.75, 3.05) is 38.2 Å². The van der Waals surface area contributed by atoms with E-state index in [1.807, 2.05) is 6.07 Å². The van der Waals surface area contributed by atoms with Crippen LogP contribution in [0.2, 0.25) is 0 Å². The van der Waals surface area contributed by atoms with Gasteiger partial charge in [-0.1, -0.05) is 6.07 Å². The van der Waals surface area contributed by atoms with Crippen LogP contribution in [0.1, 0.15) is 5.56 Å². The molecule has 7 heteroatoms. The molecule has 23 heavy (non-hydrogen) atoms. The maximum Gasteiger partial charge on any atom is 0.225 e. The predicted octanol–water partition coefficient (Wildman–Crippen LogP) is 2.71. The number of rotatable bonds is 4. The summed E-state index contributed by atoms with van der Waals surface area (Å²) < 4.78 is 19.6. The van der Waals surface area contributed by atoms with Crippen molar-refractivity contribution < 1.29 is 9.13 Å². The molecule has 0 unspecified atom stereocenters. The highest BCUT2D eigenvalue weighted by atomic mass is 79.9. The minimum absolute atomic E-state index is 0.283. The largest absolute Gasteiger partial charge is 0.494 e. The van der Waals surface area contributed by atoms with E-state index in [2.05, 4.69) is 35.7 Å². The van der Waals surface area contributed by atoms with Gasteiger partial charge >= 0.3 is 0 Å². The second-order valence-electron chi connectivity index (χ2n) is 5.43. The molecule has 2 aromatic rings. The SMILES string of the molecule is COc1ccc(CN2CCN(c3ncc(Br)cn3)CC2)cc1F. The van der Waals surface area contributed by atoms with Crippen LogP contribution >= 0.6 is 15.9 Å². The summed E-state index contributed by atoms with van der Waals surface area (Å²) in [5.74, 6) is 0.723. The molecular formula is C16H18BrFN4O. The molecule has 1 fully saturated rings. The van der Waals surface area contributed by atoms with E-state index in [0.29, 0.717) is 0 Å². The molecule has 1 aromatic heterocycles. The van der Waals surface area contributed by atoms with E-state index >= 15 is 0 Å². The molecule has 0 saturated carbocycles. The second kappa shape index (κ2) is 7.23. The Labute approximate surface area is 143 Å². The molecule has 2 heterocycles. The lowest BCUT2D eigenvalue weighted by Crippen LogP contribution is -2.46. The number of hydrogen-bond acceptors (Lipinski definition) is 5. The van der Waals surface area contributed by atoms with E-state index in [9.17, 15) is 4.39 Å². The van der Waals surface area contributed by atoms with Gasteiger partial charge in [0.25, 0.3) is 0 Å². The number of methoxy groups -OCH3 is 1. The van der Waals surface area contributed by atoms with E-state index in [4.69, 9.17) is 4.74 Å². The van der Waals surface area contributed by atoms with Gasteiger partial charge in [0.15, 0.2) is 11.6 Å². The van der Waals surface area contributed by atoms with Crippen LogP contribution in [0.15, 0.2) is 35.1 Å². The average molecular weight is 381 g/mol. The van der Waals surface area contributed by atoms with Gasteiger partial charge < -0.3 is 9.64 Å². The molecule has 0 radical (unpaired) electrons. The Morgan fingerprint density at radius 2 is 1.87 bits per heavy atom. The van der Waals surface area contributed by atoms with Crippen LogP contribution in [0.3, 0.4) is 0 Å². The lowest BCUT2D eigenvalue weighted by Gasteiger charge is -2.34. The third kappa shape index (κ3) is 3.97. The number of benzene rings is 1. The van der Waals surface area contributed by atoms with Crippen LogP contribution in [-0.2, 0) is 6.54 Å². The first kappa shape index (κ1) is 16.1. The van der Waals surface area contributed by atoms with Crippen LogP contribution in [0.25, 0.3) is 0 Å². The van der Waals surface area contributed by atoms with Crippen molar-refractivity contribution in [1.29, 1.82) is 0 Å². The van der Waals surface area contributed by atoms with Gasteiger partial charge in [0.05, 0.1) is 11.6 Å². The Morgan fingerprint density at radius 1 is 1.17 bits per heavy atom. The van der Waals surface area contributed by atoms with E-state index in [-0.39, 0.29) is 11.6 Å². The Balaban J connectivity index is 1.56. The summed E-state index contributed by atoms with van der Waals surface area (Å²) in [5, 5.41) is 0. The summed E-state index contributed by atoms with van der Waals surface area (Å²) in [7, 11) is 1.47. The number of ether oxygens (including phenoxy) is 1. The number of anilines is 1. The van der Waals surface area contributed by atoms with E-state index in [0.717, 1.165) is 48.7 Å². The van der Waals surface area contributed by atoms with Crippen LogP contribution < -0.4 is 9.64 Å². The highest BCUT2D eigenvalue weighted by Crippen LogP contribution is 2.20. The number of nitrogens with zero attached hydrogens (tertiary/aromatic N) is 4. The first-order valence-electron chi connectivity index (χ1n) is 7.43. The summed E-state index contributed by atoms with van der Waals surface area (Å²) in [6, 6.07) is 5.13. The Morgan fingerprint density at radius 3 is 2.48 bits per heavy atom. The van der Waals surface area contributed by atoms with Crippen LogP contribution in [0, 0.1) is 5.82 Å². The summed E-state index contributed by atoms with van der Waals surface area (Å²) in [5.41, 5.74) is 0.955. The first-order valence-corrected chi connectivity index (χ1v) is 8.22. The zero-order valence-corrected chi connectivity index (χ0v) is 14.5. The zero-order chi connectivity index (χ0) is 16.2. The highest BCUT2D eigenvalue weighted by molar-refractivity contribution is 9.10. The molecule has 0 spiro atoms. The summed E-state index contributed by atoms with van der Waals surface area (Å²) in [6.07, 6.45) is 3.52. The van der Waals surface area contributed by atoms with Gasteiger partial charge in [-0.25, -0.2) is 14.4 Å². The van der Waals surface area contributed by atoms with Gasteiger partial charge in [0, 0.05) is 45.1 Å². The molecule has 0 bridgehead atoms. The molecule has 0 N–H and O–H groups in total. The minimum Gasteiger partial charge on any atom is -0.494 e. The lowest BCUT2D eigenvalue weighted by atomic mass is 10.2. The molecule has 1 aromatic carbocycles. The summed E-state index contributed by atoms with van der Waals surface area (Å²) in [6.45, 7) is 4.25. The van der Waals surface area contributed by atoms with Gasteiger partial charge in [-0.05, 0) is 33.6 Å². The van der Waals surface area contributed by atoms with Crippen LogP contribution in [-0.4, -0.2) is 48.2 Å². The predicted molar refractivity (Wildman–Crippen MR) is 90.2 cm³/mol. The molecular weight excluding hydrogens is 363 g/mol. The fourth-order valence-electron chi connectivity index (χ4n) is 2.64. The van der Waals surface area contributed by atoms with Gasteiger partial charge in [0.1, 0.15) is 0 Å². The highest BCUT2D eigenvalue weighted by Gasteiger charge is 2.19. The third-order valence-corrected chi connectivity index (χ3v) is 4.29. The topological polar surface area (TPSA) is 41.5 Å². The van der Waals surface area contributed by atoms with E-state index in [1.165, 1.54) is 7.11 Å². The summed E-state index contributed by atoms with van der Waals surface area (Å²) in [4.78, 5) is 13.1. The molecule has 0 atom stereocenters. The normalized spacial score (nSPS) is 15.7. The van der Waals surface area contributed by atoms with Gasteiger partial charge in [0.2, 0.25) is 5.95 Å². The third-order valence-electron chi connectivity index (χ3n) is 3.88. The van der Waals surface area contributed by atoms with Crippen molar-refractivity contribution >= 4 is 21.9 Å². The van der Waals surface area contributed by atoms with Crippen molar-refractivity contribution in [1.82, 2.24) is 14.9 Å². The van der Waals surface area contributed by atoms with Crippen molar-refractivity contribution in [3.63, 3.8) is 0 Å². The fraction of sp³-hybridized carbons (Fsp3) is 0.375. The first-order chi connectivity index (χ1) is 11.2. The van der Waals surface area contributed by atoms with Crippen LogP contribution in [0.4, 0.5) is 10.3 Å². The lowest BCUT2D eigenvalue weighted by molar-refractivity contribution is 0.248. The summed E-state index contributed by atoms with van der Waals surface area (Å²) >= 11 is 3.34. The van der Waals surface area contributed by atoms with E-state index < -0.39 is 0 Å². The quantitative estimate of drug-likeness (QED) is 0.815. The van der Waals surface area contributed by atoms with Gasteiger partial charge in [-0.15, -0.1) is 0 Å². The maximum atomic E-state index is 13.7. The molecule has 1 aliphatic heterocycles. The Kier molecular flexibility index (Phi) is 5.07. The molecule has 1 aliphatic rings. The fourth-order valence-corrected chi connectivity index (χ4v) is 2.85. The molecule has 1 saturated heterocycles. The number of piperazine rings is 1. The molecule has 0 amide bonds. The Bertz CT molecular complexity index is 660. The molecule has 5 nitrogen and oxygen atoms in total. The van der Waals surface area contributed by atoms with Crippen molar-refractivity contribution in [2.24, 2.45) is 0 Å². The van der Waals surface area contributed by atoms with Gasteiger partial charge in [-0.3, -0.25) is 4.90 Å². The van der Waals surface area contributed by atoms with E-state index in [1.54, 1.807) is 24.5 Å². The molecule has 0 aliphatic carbocycles. The molecule has 122 valence electrons. The maximum absolute atomic E-state index is 13.7. The number of hydrogen-bond donors (Lipinski definition) is 0.